The molecule has 33 heavy (non-hydrogen) atoms. The van der Waals surface area contributed by atoms with Crippen molar-refractivity contribution in [3.8, 4) is 0 Å². The Labute approximate surface area is 191 Å². The number of methoxy groups -OCH3 is 1. The van der Waals surface area contributed by atoms with Crippen molar-refractivity contribution >= 4 is 27.4 Å². The highest BCUT2D eigenvalue weighted by atomic mass is 32.2. The highest BCUT2D eigenvalue weighted by Gasteiger charge is 2.26. The molecule has 3 aromatic rings. The zero-order valence-electron chi connectivity index (χ0n) is 18.7. The molecule has 1 aromatic heterocycles. The number of pyridine rings is 1. The lowest BCUT2D eigenvalue weighted by Crippen LogP contribution is -2.33. The summed E-state index contributed by atoms with van der Waals surface area (Å²) in [5.41, 5.74) is 1.64. The number of anilines is 1. The van der Waals surface area contributed by atoms with Gasteiger partial charge in [0.2, 0.25) is 15.7 Å². The van der Waals surface area contributed by atoms with E-state index in [1.165, 1.54) is 43.5 Å². The summed E-state index contributed by atoms with van der Waals surface area (Å²) in [5.74, 6) is -1.02. The third kappa shape index (κ3) is 5.04. The predicted molar refractivity (Wildman–Crippen MR) is 123 cm³/mol. The van der Waals surface area contributed by atoms with E-state index in [0.717, 1.165) is 10.1 Å². The van der Waals surface area contributed by atoms with Gasteiger partial charge >= 0.3 is 5.97 Å². The fourth-order valence-corrected chi connectivity index (χ4v) is 4.97. The van der Waals surface area contributed by atoms with Crippen LogP contribution in [0, 0.1) is 20.8 Å². The smallest absolute Gasteiger partial charge is 0.337 e. The van der Waals surface area contributed by atoms with Gasteiger partial charge in [-0.2, -0.15) is 0 Å². The van der Waals surface area contributed by atoms with Crippen LogP contribution in [-0.4, -0.2) is 32.0 Å². The van der Waals surface area contributed by atoms with E-state index in [4.69, 9.17) is 0 Å². The van der Waals surface area contributed by atoms with Gasteiger partial charge in [-0.05, 0) is 68.8 Å². The summed E-state index contributed by atoms with van der Waals surface area (Å²) >= 11 is 0. The van der Waals surface area contributed by atoms with E-state index in [9.17, 15) is 22.8 Å². The van der Waals surface area contributed by atoms with Gasteiger partial charge in [-0.1, -0.05) is 17.7 Å². The van der Waals surface area contributed by atoms with E-state index in [0.29, 0.717) is 22.5 Å². The minimum atomic E-state index is -4.08. The Morgan fingerprint density at radius 2 is 1.58 bits per heavy atom. The maximum absolute atomic E-state index is 13.2. The Hall–Kier alpha value is -3.72. The van der Waals surface area contributed by atoms with E-state index in [1.54, 1.807) is 32.0 Å². The Bertz CT molecular complexity index is 1370. The van der Waals surface area contributed by atoms with Crippen molar-refractivity contribution in [1.82, 2.24) is 4.57 Å². The number of nitrogens with zero attached hydrogens (tertiary/aromatic N) is 1. The average Bonchev–Trinajstić information content (AvgIpc) is 2.76. The second-order valence-electron chi connectivity index (χ2n) is 7.62. The molecule has 8 nitrogen and oxygen atoms in total. The maximum Gasteiger partial charge on any atom is 0.337 e. The van der Waals surface area contributed by atoms with E-state index in [2.05, 4.69) is 10.1 Å². The molecule has 0 atom stereocenters. The topological polar surface area (TPSA) is 112 Å². The van der Waals surface area contributed by atoms with Crippen molar-refractivity contribution in [2.75, 3.05) is 12.4 Å². The van der Waals surface area contributed by atoms with E-state index in [1.807, 2.05) is 6.92 Å². The molecule has 0 aliphatic carbocycles. The second kappa shape index (κ2) is 9.41. The third-order valence-electron chi connectivity index (χ3n) is 5.14. The number of carbonyl (C=O) groups excluding carboxylic acids is 2. The number of amides is 1. The Morgan fingerprint density at radius 3 is 2.15 bits per heavy atom. The summed E-state index contributed by atoms with van der Waals surface area (Å²) in [5, 5.41) is 2.64. The van der Waals surface area contributed by atoms with Gasteiger partial charge in [-0.25, -0.2) is 13.2 Å². The van der Waals surface area contributed by atoms with Crippen LogP contribution in [-0.2, 0) is 25.9 Å². The lowest BCUT2D eigenvalue weighted by Gasteiger charge is -2.15. The quantitative estimate of drug-likeness (QED) is 0.557. The maximum atomic E-state index is 13.2. The van der Waals surface area contributed by atoms with Crippen molar-refractivity contribution in [3.05, 3.63) is 87.3 Å². The van der Waals surface area contributed by atoms with Crippen LogP contribution < -0.4 is 10.9 Å². The molecule has 0 bridgehead atoms. The third-order valence-corrected chi connectivity index (χ3v) is 7.07. The molecule has 1 heterocycles. The first-order chi connectivity index (χ1) is 15.5. The number of esters is 1. The highest BCUT2D eigenvalue weighted by Crippen LogP contribution is 2.22. The van der Waals surface area contributed by atoms with Gasteiger partial charge in [0.15, 0.2) is 0 Å². The number of sulfone groups is 1. The van der Waals surface area contributed by atoms with E-state index >= 15 is 0 Å². The van der Waals surface area contributed by atoms with Crippen molar-refractivity contribution in [2.24, 2.45) is 0 Å². The Kier molecular flexibility index (Phi) is 6.83. The molecule has 172 valence electrons. The molecule has 2 aromatic carbocycles. The van der Waals surface area contributed by atoms with Crippen molar-refractivity contribution in [1.29, 1.82) is 0 Å². The normalized spacial score (nSPS) is 11.2. The molecule has 0 aliphatic heterocycles. The summed E-state index contributed by atoms with van der Waals surface area (Å²) in [4.78, 5) is 37.0. The molecule has 0 saturated carbocycles. The number of aryl methyl sites for hydroxylation is 3. The van der Waals surface area contributed by atoms with Crippen LogP contribution in [0.25, 0.3) is 0 Å². The van der Waals surface area contributed by atoms with Crippen molar-refractivity contribution in [2.45, 2.75) is 37.1 Å². The number of benzene rings is 2. The van der Waals surface area contributed by atoms with Gasteiger partial charge in [-0.15, -0.1) is 0 Å². The molecule has 3 rings (SSSR count). The summed E-state index contributed by atoms with van der Waals surface area (Å²) in [7, 11) is -2.80. The summed E-state index contributed by atoms with van der Waals surface area (Å²) < 4.78 is 32.1. The fourth-order valence-electron chi connectivity index (χ4n) is 3.42. The number of rotatable bonds is 6. The molecule has 0 unspecified atom stereocenters. The highest BCUT2D eigenvalue weighted by molar-refractivity contribution is 7.91. The molecular weight excluding hydrogens is 444 g/mol. The van der Waals surface area contributed by atoms with Gasteiger partial charge in [0, 0.05) is 11.4 Å². The van der Waals surface area contributed by atoms with Crippen LogP contribution in [0.4, 0.5) is 5.69 Å². The van der Waals surface area contributed by atoms with Crippen molar-refractivity contribution in [3.63, 3.8) is 0 Å². The lowest BCUT2D eigenvalue weighted by atomic mass is 10.2. The number of carbonyl (C=O) groups is 2. The number of hydrogen-bond donors (Lipinski definition) is 1. The van der Waals surface area contributed by atoms with Crippen LogP contribution in [0.15, 0.2) is 69.2 Å². The first-order valence-electron chi connectivity index (χ1n) is 10.1. The Balaban J connectivity index is 1.91. The van der Waals surface area contributed by atoms with Gasteiger partial charge in [0.1, 0.15) is 11.4 Å². The molecule has 0 aliphatic rings. The molecular formula is C24H24N2O6S. The van der Waals surface area contributed by atoms with Crippen LogP contribution >= 0.6 is 0 Å². The number of ether oxygens (including phenoxy) is 1. The average molecular weight is 469 g/mol. The number of nitrogens with one attached hydrogen (secondary N) is 1. The monoisotopic (exact) mass is 468 g/mol. The molecule has 0 spiro atoms. The van der Waals surface area contributed by atoms with Crippen LogP contribution in [0.5, 0.6) is 0 Å². The fraction of sp³-hybridized carbons (Fsp3) is 0.208. The van der Waals surface area contributed by atoms with Gasteiger partial charge < -0.3 is 14.6 Å². The Morgan fingerprint density at radius 1 is 0.970 bits per heavy atom. The standard InChI is InChI=1S/C24H24N2O6S/c1-15-5-11-20(12-6-15)33(30,31)22-16(2)13-17(3)26(23(22)28)14-21(27)25-19-9-7-18(8-10-19)24(29)32-4/h5-13H,14H2,1-4H3,(H,25,27). The minimum Gasteiger partial charge on any atom is -0.465 e. The van der Waals surface area contributed by atoms with Crippen LogP contribution in [0.1, 0.15) is 27.2 Å². The van der Waals surface area contributed by atoms with Crippen LogP contribution in [0.3, 0.4) is 0 Å². The van der Waals surface area contributed by atoms with E-state index < -0.39 is 27.3 Å². The molecule has 0 saturated heterocycles. The minimum absolute atomic E-state index is 0.0128. The largest absolute Gasteiger partial charge is 0.465 e. The molecule has 0 fully saturated rings. The predicted octanol–water partition coefficient (Wildman–Crippen LogP) is 3.03. The first-order valence-corrected chi connectivity index (χ1v) is 11.5. The summed E-state index contributed by atoms with van der Waals surface area (Å²) in [6.45, 7) is 4.65. The van der Waals surface area contributed by atoms with Gasteiger partial charge in [0.25, 0.3) is 5.56 Å². The molecule has 9 heteroatoms. The summed E-state index contributed by atoms with van der Waals surface area (Å²) in [6.07, 6.45) is 0. The summed E-state index contributed by atoms with van der Waals surface area (Å²) in [6, 6.07) is 13.9. The zero-order valence-corrected chi connectivity index (χ0v) is 19.5. The number of aromatic nitrogens is 1. The SMILES string of the molecule is COC(=O)c1ccc(NC(=O)Cn2c(C)cc(C)c(S(=O)(=O)c3ccc(C)cc3)c2=O)cc1. The first kappa shape index (κ1) is 23.9. The van der Waals surface area contributed by atoms with E-state index in [-0.39, 0.29) is 16.3 Å². The molecule has 0 radical (unpaired) electrons. The van der Waals surface area contributed by atoms with Gasteiger partial charge in [0.05, 0.1) is 17.6 Å². The molecule has 1 N–H and O–H groups in total. The van der Waals surface area contributed by atoms with Gasteiger partial charge in [-0.3, -0.25) is 9.59 Å². The number of hydrogen-bond acceptors (Lipinski definition) is 6. The van der Waals surface area contributed by atoms with Crippen molar-refractivity contribution < 1.29 is 22.7 Å². The second-order valence-corrected chi connectivity index (χ2v) is 9.51. The lowest BCUT2D eigenvalue weighted by molar-refractivity contribution is -0.116. The zero-order chi connectivity index (χ0) is 24.3. The van der Waals surface area contributed by atoms with Crippen LogP contribution in [0.2, 0.25) is 0 Å². The molecule has 1 amide bonds.